The van der Waals surface area contributed by atoms with Crippen molar-refractivity contribution in [3.05, 3.63) is 89.0 Å². The second-order valence-corrected chi connectivity index (χ2v) is 9.80. The fraction of sp³-hybridized carbons (Fsp3) is 0.267. The summed E-state index contributed by atoms with van der Waals surface area (Å²) < 4.78 is 5.94. The second-order valence-electron chi connectivity index (χ2n) is 9.80. The number of nitrogens with one attached hydrogen (secondary N) is 1. The lowest BCUT2D eigenvalue weighted by atomic mass is 10.1. The first kappa shape index (κ1) is 25.9. The summed E-state index contributed by atoms with van der Waals surface area (Å²) in [5, 5.41) is 13.0. The number of fused-ring (bicyclic) bond motifs is 1. The van der Waals surface area contributed by atoms with Crippen LogP contribution in [-0.4, -0.2) is 54.0 Å². The lowest BCUT2D eigenvalue weighted by Crippen LogP contribution is -2.45. The zero-order valence-corrected chi connectivity index (χ0v) is 22.1. The molecule has 1 aliphatic heterocycles. The number of ether oxygens (including phenoxy) is 1. The van der Waals surface area contributed by atoms with E-state index in [1.165, 1.54) is 0 Å². The van der Waals surface area contributed by atoms with E-state index in [9.17, 15) is 4.79 Å². The van der Waals surface area contributed by atoms with Crippen molar-refractivity contribution >= 4 is 28.6 Å². The summed E-state index contributed by atoms with van der Waals surface area (Å²) in [5.41, 5.74) is 9.62. The van der Waals surface area contributed by atoms with Gasteiger partial charge in [0.1, 0.15) is 18.2 Å². The Kier molecular flexibility index (Phi) is 7.57. The average Bonchev–Trinajstić information content (AvgIpc) is 2.96. The summed E-state index contributed by atoms with van der Waals surface area (Å²) in [5.74, 6) is 1.48. The third-order valence-electron chi connectivity index (χ3n) is 6.93. The largest absolute Gasteiger partial charge is 0.489 e. The number of carbonyl (C=O) groups is 1. The van der Waals surface area contributed by atoms with Crippen LogP contribution < -0.4 is 20.7 Å². The van der Waals surface area contributed by atoms with Crippen LogP contribution in [0.5, 0.6) is 5.75 Å². The van der Waals surface area contributed by atoms with Gasteiger partial charge >= 0.3 is 0 Å². The number of hydrogen-bond donors (Lipinski definition) is 2. The summed E-state index contributed by atoms with van der Waals surface area (Å²) >= 11 is 0. The summed E-state index contributed by atoms with van der Waals surface area (Å²) in [6.07, 6.45) is 0. The topological polar surface area (TPSA) is 120 Å². The third-order valence-corrected chi connectivity index (χ3v) is 6.93. The molecule has 0 spiro atoms. The van der Waals surface area contributed by atoms with Crippen molar-refractivity contribution < 1.29 is 9.53 Å². The van der Waals surface area contributed by atoms with Crippen molar-refractivity contribution in [2.45, 2.75) is 19.6 Å². The highest BCUT2D eigenvalue weighted by Crippen LogP contribution is 2.27. The Balaban J connectivity index is 1.28. The van der Waals surface area contributed by atoms with Crippen molar-refractivity contribution in [2.24, 2.45) is 0 Å². The minimum Gasteiger partial charge on any atom is -0.489 e. The van der Waals surface area contributed by atoms with Crippen LogP contribution >= 0.6 is 0 Å². The molecule has 1 aromatic heterocycles. The molecular weight excluding hydrogens is 490 g/mol. The maximum Gasteiger partial charge on any atom is 0.251 e. The normalized spacial score (nSPS) is 14.5. The predicted octanol–water partition coefficient (Wildman–Crippen LogP) is 3.91. The number of aromatic nitrogens is 2. The van der Waals surface area contributed by atoms with Crippen molar-refractivity contribution in [3.8, 4) is 11.8 Å². The highest BCUT2D eigenvalue weighted by Gasteiger charge is 2.20. The quantitative estimate of drug-likeness (QED) is 0.376. The van der Waals surface area contributed by atoms with Gasteiger partial charge in [-0.3, -0.25) is 4.79 Å². The van der Waals surface area contributed by atoms with E-state index in [1.807, 2.05) is 55.5 Å². The molecule has 0 bridgehead atoms. The monoisotopic (exact) mass is 521 g/mol. The number of carbonyl (C=O) groups excluding carboxylic acids is 1. The van der Waals surface area contributed by atoms with Gasteiger partial charge in [0.25, 0.3) is 5.91 Å². The SMILES string of the molecule is CC(NC(=O)c1ccc2c(N3CCN(C)CC3)nc(N)nc2c1)c1cccc(OCc2cccc(C#N)c2)c1. The van der Waals surface area contributed by atoms with Crippen LogP contribution in [0.4, 0.5) is 11.8 Å². The molecule has 1 aliphatic rings. The van der Waals surface area contributed by atoms with Crippen LogP contribution in [0.3, 0.4) is 0 Å². The Morgan fingerprint density at radius 3 is 2.67 bits per heavy atom. The minimum atomic E-state index is -0.255. The lowest BCUT2D eigenvalue weighted by molar-refractivity contribution is 0.0940. The smallest absolute Gasteiger partial charge is 0.251 e. The first-order valence-corrected chi connectivity index (χ1v) is 12.9. The molecule has 9 nitrogen and oxygen atoms in total. The van der Waals surface area contributed by atoms with E-state index in [0.29, 0.717) is 29.0 Å². The van der Waals surface area contributed by atoms with Gasteiger partial charge in [-0.05, 0) is 67.6 Å². The maximum atomic E-state index is 13.2. The molecule has 1 saturated heterocycles. The molecule has 0 saturated carbocycles. The number of benzene rings is 3. The van der Waals surface area contributed by atoms with Gasteiger partial charge in [-0.1, -0.05) is 24.3 Å². The number of anilines is 2. The number of nitrogen functional groups attached to an aromatic ring is 1. The van der Waals surface area contributed by atoms with E-state index in [4.69, 9.17) is 15.7 Å². The van der Waals surface area contributed by atoms with Gasteiger partial charge in [0.15, 0.2) is 0 Å². The fourth-order valence-corrected chi connectivity index (χ4v) is 4.67. The van der Waals surface area contributed by atoms with Gasteiger partial charge in [-0.15, -0.1) is 0 Å². The molecular formula is C30H31N7O2. The van der Waals surface area contributed by atoms with Crippen molar-refractivity contribution in [1.29, 1.82) is 5.26 Å². The molecule has 198 valence electrons. The van der Waals surface area contributed by atoms with Crippen LogP contribution in [0.15, 0.2) is 66.7 Å². The molecule has 1 fully saturated rings. The summed E-state index contributed by atoms with van der Waals surface area (Å²) in [4.78, 5) is 26.6. The number of likely N-dealkylation sites (N-methyl/N-ethyl adjacent to an activating group) is 1. The molecule has 2 heterocycles. The van der Waals surface area contributed by atoms with Crippen LogP contribution in [-0.2, 0) is 6.61 Å². The molecule has 1 amide bonds. The molecule has 9 heteroatoms. The van der Waals surface area contributed by atoms with Crippen LogP contribution in [0.1, 0.15) is 40.0 Å². The number of nitrogens with two attached hydrogens (primary N) is 1. The van der Waals surface area contributed by atoms with Crippen molar-refractivity contribution in [3.63, 3.8) is 0 Å². The van der Waals surface area contributed by atoms with Crippen LogP contribution in [0, 0.1) is 11.3 Å². The number of rotatable bonds is 7. The van der Waals surface area contributed by atoms with Gasteiger partial charge in [0.2, 0.25) is 5.95 Å². The number of piperazine rings is 1. The summed E-state index contributed by atoms with van der Waals surface area (Å²) in [6, 6.07) is 22.3. The summed E-state index contributed by atoms with van der Waals surface area (Å²) in [6.45, 7) is 5.89. The van der Waals surface area contributed by atoms with Gasteiger partial charge in [0, 0.05) is 37.1 Å². The van der Waals surface area contributed by atoms with Gasteiger partial charge in [-0.25, -0.2) is 4.98 Å². The van der Waals surface area contributed by atoms with E-state index in [0.717, 1.165) is 48.5 Å². The van der Waals surface area contributed by atoms with Gasteiger partial charge in [0.05, 0.1) is 23.2 Å². The van der Waals surface area contributed by atoms with E-state index < -0.39 is 0 Å². The van der Waals surface area contributed by atoms with Crippen LogP contribution in [0.2, 0.25) is 0 Å². The molecule has 4 aromatic rings. The first-order valence-electron chi connectivity index (χ1n) is 12.9. The Labute approximate surface area is 227 Å². The van der Waals surface area contributed by atoms with Crippen LogP contribution in [0.25, 0.3) is 10.9 Å². The molecule has 39 heavy (non-hydrogen) atoms. The molecule has 3 N–H and O–H groups in total. The van der Waals surface area contributed by atoms with Crippen molar-refractivity contribution in [2.75, 3.05) is 43.9 Å². The lowest BCUT2D eigenvalue weighted by Gasteiger charge is -2.33. The zero-order valence-electron chi connectivity index (χ0n) is 22.1. The standard InChI is InChI=1S/C30H31N7O2/c1-20(23-7-4-8-25(16-23)39-19-22-6-3-5-21(15-22)18-31)33-29(38)24-9-10-26-27(17-24)34-30(32)35-28(26)37-13-11-36(2)12-14-37/h3-10,15-17,20H,11-14,19H2,1-2H3,(H,33,38)(H2,32,34,35). The van der Waals surface area contributed by atoms with E-state index in [1.54, 1.807) is 18.2 Å². The minimum absolute atomic E-state index is 0.193. The first-order chi connectivity index (χ1) is 18.9. The molecule has 0 aliphatic carbocycles. The van der Waals surface area contributed by atoms with E-state index >= 15 is 0 Å². The highest BCUT2D eigenvalue weighted by molar-refractivity contribution is 6.00. The van der Waals surface area contributed by atoms with E-state index in [-0.39, 0.29) is 17.9 Å². The highest BCUT2D eigenvalue weighted by atomic mass is 16.5. The third kappa shape index (κ3) is 6.08. The van der Waals surface area contributed by atoms with E-state index in [2.05, 4.69) is 38.2 Å². The number of nitrogens with zero attached hydrogens (tertiary/aromatic N) is 5. The number of amides is 1. The predicted molar refractivity (Wildman–Crippen MR) is 151 cm³/mol. The second kappa shape index (κ2) is 11.4. The zero-order chi connectivity index (χ0) is 27.4. The maximum absolute atomic E-state index is 13.2. The summed E-state index contributed by atoms with van der Waals surface area (Å²) in [7, 11) is 2.11. The molecule has 0 radical (unpaired) electrons. The average molecular weight is 522 g/mol. The Hall–Kier alpha value is -4.68. The van der Waals surface area contributed by atoms with Gasteiger partial charge < -0.3 is 25.6 Å². The fourth-order valence-electron chi connectivity index (χ4n) is 4.67. The molecule has 1 atom stereocenters. The molecule has 5 rings (SSSR count). The van der Waals surface area contributed by atoms with Gasteiger partial charge in [-0.2, -0.15) is 10.2 Å². The Bertz CT molecular complexity index is 1540. The number of hydrogen-bond acceptors (Lipinski definition) is 8. The molecule has 1 unspecified atom stereocenters. The Morgan fingerprint density at radius 2 is 1.87 bits per heavy atom. The number of nitriles is 1. The van der Waals surface area contributed by atoms with Crippen molar-refractivity contribution in [1.82, 2.24) is 20.2 Å². The Morgan fingerprint density at radius 1 is 1.08 bits per heavy atom. The molecule has 3 aromatic carbocycles.